The standard InChI is InChI=1S/C11H11I2NO4/c12-5-10(16)14-8(11(17)18)4-6-1-2-9(15)7(13)3-6/h1-3,8,15H,4-5H2,(H,14,16)(H,17,18). The second-order valence-corrected chi connectivity index (χ2v) is 5.51. The Morgan fingerprint density at radius 1 is 1.39 bits per heavy atom. The van der Waals surface area contributed by atoms with E-state index in [0.717, 1.165) is 5.56 Å². The Kier molecular flexibility index (Phi) is 6.12. The molecule has 18 heavy (non-hydrogen) atoms. The van der Waals surface area contributed by atoms with Crippen molar-refractivity contribution in [1.82, 2.24) is 5.32 Å². The number of carbonyl (C=O) groups is 2. The minimum atomic E-state index is -1.07. The largest absolute Gasteiger partial charge is 0.507 e. The van der Waals surface area contributed by atoms with Crippen molar-refractivity contribution in [2.75, 3.05) is 4.43 Å². The quantitative estimate of drug-likeness (QED) is 0.446. The Bertz CT molecular complexity index is 464. The van der Waals surface area contributed by atoms with E-state index in [1.165, 1.54) is 6.07 Å². The van der Waals surface area contributed by atoms with Crippen LogP contribution in [0, 0.1) is 3.57 Å². The maximum Gasteiger partial charge on any atom is 0.326 e. The lowest BCUT2D eigenvalue weighted by atomic mass is 10.1. The number of carboxylic acids is 1. The molecule has 0 aliphatic carbocycles. The molecule has 0 aromatic heterocycles. The van der Waals surface area contributed by atoms with Gasteiger partial charge in [0.05, 0.1) is 8.00 Å². The number of alkyl halides is 1. The summed E-state index contributed by atoms with van der Waals surface area (Å²) in [7, 11) is 0. The normalized spacial score (nSPS) is 11.9. The van der Waals surface area contributed by atoms with Gasteiger partial charge in [-0.2, -0.15) is 0 Å². The Balaban J connectivity index is 2.80. The SMILES string of the molecule is O=C(CI)NC(Cc1ccc(O)c(I)c1)C(=O)O. The van der Waals surface area contributed by atoms with Crippen LogP contribution in [-0.4, -0.2) is 32.6 Å². The second kappa shape index (κ2) is 7.12. The number of nitrogens with one attached hydrogen (secondary N) is 1. The van der Waals surface area contributed by atoms with Crippen LogP contribution in [0.25, 0.3) is 0 Å². The van der Waals surface area contributed by atoms with Crippen LogP contribution in [0.4, 0.5) is 0 Å². The number of aromatic hydroxyl groups is 1. The summed E-state index contributed by atoms with van der Waals surface area (Å²) in [6, 6.07) is 3.90. The third kappa shape index (κ3) is 4.59. The number of rotatable bonds is 5. The molecule has 1 amide bonds. The van der Waals surface area contributed by atoms with Gasteiger partial charge in [-0.1, -0.05) is 28.7 Å². The Morgan fingerprint density at radius 2 is 2.06 bits per heavy atom. The molecule has 0 spiro atoms. The molecule has 7 heteroatoms. The van der Waals surface area contributed by atoms with Crippen LogP contribution < -0.4 is 5.32 Å². The van der Waals surface area contributed by atoms with Crippen LogP contribution in [0.1, 0.15) is 5.56 Å². The van der Waals surface area contributed by atoms with Crippen molar-refractivity contribution in [2.45, 2.75) is 12.5 Å². The van der Waals surface area contributed by atoms with Crippen molar-refractivity contribution in [1.29, 1.82) is 0 Å². The lowest BCUT2D eigenvalue weighted by Crippen LogP contribution is -2.42. The number of hydrogen-bond acceptors (Lipinski definition) is 3. The third-order valence-electron chi connectivity index (χ3n) is 2.21. The van der Waals surface area contributed by atoms with E-state index in [1.807, 2.05) is 45.2 Å². The molecule has 1 aromatic carbocycles. The maximum atomic E-state index is 11.2. The molecule has 0 bridgehead atoms. The van der Waals surface area contributed by atoms with Gasteiger partial charge in [0.15, 0.2) is 0 Å². The van der Waals surface area contributed by atoms with E-state index in [0.29, 0.717) is 3.57 Å². The van der Waals surface area contributed by atoms with Gasteiger partial charge in [-0.05, 0) is 40.3 Å². The predicted molar refractivity (Wildman–Crippen MR) is 83.0 cm³/mol. The van der Waals surface area contributed by atoms with E-state index in [4.69, 9.17) is 5.11 Å². The molecule has 0 fully saturated rings. The molecule has 0 aliphatic rings. The van der Waals surface area contributed by atoms with Gasteiger partial charge in [0.1, 0.15) is 11.8 Å². The Labute approximate surface area is 131 Å². The number of phenolic OH excluding ortho intramolecular Hbond substituents is 1. The van der Waals surface area contributed by atoms with Crippen molar-refractivity contribution < 1.29 is 19.8 Å². The summed E-state index contributed by atoms with van der Waals surface area (Å²) in [4.78, 5) is 22.3. The van der Waals surface area contributed by atoms with Crippen LogP contribution in [0.3, 0.4) is 0 Å². The number of phenols is 1. The highest BCUT2D eigenvalue weighted by atomic mass is 127. The third-order valence-corrected chi connectivity index (χ3v) is 3.76. The first-order chi connectivity index (χ1) is 8.43. The molecule has 0 heterocycles. The summed E-state index contributed by atoms with van der Waals surface area (Å²) < 4.78 is 0.865. The number of carbonyl (C=O) groups excluding carboxylic acids is 1. The van der Waals surface area contributed by atoms with Gasteiger partial charge in [-0.3, -0.25) is 4.79 Å². The van der Waals surface area contributed by atoms with Gasteiger partial charge < -0.3 is 15.5 Å². The molecule has 3 N–H and O–H groups in total. The van der Waals surface area contributed by atoms with Crippen molar-refractivity contribution in [3.8, 4) is 5.75 Å². The second-order valence-electron chi connectivity index (χ2n) is 3.58. The van der Waals surface area contributed by atoms with Gasteiger partial charge in [0.25, 0.3) is 0 Å². The highest BCUT2D eigenvalue weighted by molar-refractivity contribution is 14.1. The molecule has 5 nitrogen and oxygen atoms in total. The topological polar surface area (TPSA) is 86.6 Å². The molecule has 1 unspecified atom stereocenters. The zero-order valence-electron chi connectivity index (χ0n) is 9.19. The molecular weight excluding hydrogens is 464 g/mol. The number of amides is 1. The molecule has 98 valence electrons. The lowest BCUT2D eigenvalue weighted by Gasteiger charge is -2.14. The average molecular weight is 475 g/mol. The monoisotopic (exact) mass is 475 g/mol. The van der Waals surface area contributed by atoms with E-state index < -0.39 is 12.0 Å². The van der Waals surface area contributed by atoms with Gasteiger partial charge in [-0.15, -0.1) is 0 Å². The highest BCUT2D eigenvalue weighted by Gasteiger charge is 2.20. The fraction of sp³-hybridized carbons (Fsp3) is 0.273. The molecule has 0 aliphatic heterocycles. The number of carboxylic acid groups (broad SMARTS) is 1. The minimum Gasteiger partial charge on any atom is -0.507 e. The zero-order chi connectivity index (χ0) is 13.7. The number of benzene rings is 1. The van der Waals surface area contributed by atoms with Gasteiger partial charge in [0, 0.05) is 6.42 Å². The molecule has 1 aromatic rings. The van der Waals surface area contributed by atoms with E-state index in [-0.39, 0.29) is 22.5 Å². The van der Waals surface area contributed by atoms with Crippen molar-refractivity contribution in [3.63, 3.8) is 0 Å². The van der Waals surface area contributed by atoms with Gasteiger partial charge in [-0.25, -0.2) is 4.79 Å². The van der Waals surface area contributed by atoms with E-state index in [1.54, 1.807) is 12.1 Å². The highest BCUT2D eigenvalue weighted by Crippen LogP contribution is 2.20. The first kappa shape index (κ1) is 15.5. The smallest absolute Gasteiger partial charge is 0.326 e. The van der Waals surface area contributed by atoms with Crippen LogP contribution in [-0.2, 0) is 16.0 Å². The van der Waals surface area contributed by atoms with Crippen LogP contribution >= 0.6 is 45.2 Å². The Morgan fingerprint density at radius 3 is 2.56 bits per heavy atom. The van der Waals surface area contributed by atoms with Crippen LogP contribution in [0.5, 0.6) is 5.75 Å². The van der Waals surface area contributed by atoms with Crippen molar-refractivity contribution >= 4 is 57.1 Å². The van der Waals surface area contributed by atoms with Gasteiger partial charge in [0.2, 0.25) is 5.91 Å². The average Bonchev–Trinajstić information content (AvgIpc) is 2.32. The first-order valence-electron chi connectivity index (χ1n) is 4.99. The lowest BCUT2D eigenvalue weighted by molar-refractivity contribution is -0.141. The fourth-order valence-electron chi connectivity index (χ4n) is 1.35. The van der Waals surface area contributed by atoms with Crippen molar-refractivity contribution in [3.05, 3.63) is 27.3 Å². The molecule has 0 saturated heterocycles. The number of aliphatic carboxylic acids is 1. The molecule has 0 saturated carbocycles. The fourth-order valence-corrected chi connectivity index (χ4v) is 2.15. The number of hydrogen-bond donors (Lipinski definition) is 3. The van der Waals surface area contributed by atoms with E-state index in [2.05, 4.69) is 5.32 Å². The predicted octanol–water partition coefficient (Wildman–Crippen LogP) is 1.54. The maximum absolute atomic E-state index is 11.2. The molecule has 1 atom stereocenters. The summed E-state index contributed by atoms with van der Waals surface area (Å²) in [6.45, 7) is 0. The summed E-state index contributed by atoms with van der Waals surface area (Å²) >= 11 is 3.83. The Hall–Kier alpha value is -0.580. The molecule has 1 rings (SSSR count). The zero-order valence-corrected chi connectivity index (χ0v) is 13.5. The van der Waals surface area contributed by atoms with Crippen molar-refractivity contribution in [2.24, 2.45) is 0 Å². The summed E-state index contributed by atoms with van der Waals surface area (Å²) in [5.41, 5.74) is 0.748. The van der Waals surface area contributed by atoms with E-state index >= 15 is 0 Å². The first-order valence-corrected chi connectivity index (χ1v) is 7.60. The van der Waals surface area contributed by atoms with Crippen LogP contribution in [0.15, 0.2) is 18.2 Å². The van der Waals surface area contributed by atoms with Crippen LogP contribution in [0.2, 0.25) is 0 Å². The summed E-state index contributed by atoms with van der Waals surface area (Å²) in [6.07, 6.45) is 0.188. The molecular formula is C11H11I2NO4. The number of halogens is 2. The minimum absolute atomic E-state index is 0.155. The van der Waals surface area contributed by atoms with E-state index in [9.17, 15) is 14.7 Å². The summed E-state index contributed by atoms with van der Waals surface area (Å²) in [5.74, 6) is -1.23. The summed E-state index contributed by atoms with van der Waals surface area (Å²) in [5, 5.41) is 20.8. The van der Waals surface area contributed by atoms with Gasteiger partial charge >= 0.3 is 5.97 Å². The molecule has 0 radical (unpaired) electrons.